The highest BCUT2D eigenvalue weighted by molar-refractivity contribution is 6.23. The Morgan fingerprint density at radius 2 is 1.32 bits per heavy atom. The Balaban J connectivity index is 2.47. The van der Waals surface area contributed by atoms with E-state index in [4.69, 9.17) is 4.98 Å². The van der Waals surface area contributed by atoms with Gasteiger partial charge in [-0.3, -0.25) is 0 Å². The smallest absolute Gasteiger partial charge is 0.106 e. The van der Waals surface area contributed by atoms with Crippen molar-refractivity contribution in [3.8, 4) is 0 Å². The summed E-state index contributed by atoms with van der Waals surface area (Å²) < 4.78 is 2.18. The van der Waals surface area contributed by atoms with Crippen molar-refractivity contribution in [1.82, 2.24) is 9.55 Å². The minimum absolute atomic E-state index is 1.05. The number of fused-ring (bicyclic) bond motifs is 6. The van der Waals surface area contributed by atoms with E-state index >= 15 is 0 Å². The summed E-state index contributed by atoms with van der Waals surface area (Å²) in [7, 11) is 2.09. The first-order valence-corrected chi connectivity index (χ1v) is 6.50. The fourth-order valence-electron chi connectivity index (χ4n) is 2.96. The van der Waals surface area contributed by atoms with Crippen molar-refractivity contribution in [2.45, 2.75) is 6.92 Å². The van der Waals surface area contributed by atoms with E-state index in [1.54, 1.807) is 0 Å². The number of imidazole rings is 1. The molecular formula is C17H14N2. The molecule has 0 aliphatic carbocycles. The third-order valence-electron chi connectivity index (χ3n) is 3.97. The Labute approximate surface area is 111 Å². The van der Waals surface area contributed by atoms with E-state index in [2.05, 4.69) is 67.1 Å². The lowest BCUT2D eigenvalue weighted by Crippen LogP contribution is -1.91. The van der Waals surface area contributed by atoms with Crippen LogP contribution in [0.25, 0.3) is 32.6 Å². The van der Waals surface area contributed by atoms with Crippen LogP contribution in [0.5, 0.6) is 0 Å². The zero-order valence-electron chi connectivity index (χ0n) is 11.0. The van der Waals surface area contributed by atoms with Gasteiger partial charge >= 0.3 is 0 Å². The molecule has 2 nitrogen and oxygen atoms in total. The van der Waals surface area contributed by atoms with Gasteiger partial charge in [0.2, 0.25) is 0 Å². The van der Waals surface area contributed by atoms with E-state index < -0.39 is 0 Å². The summed E-state index contributed by atoms with van der Waals surface area (Å²) in [5.74, 6) is 1.05. The Morgan fingerprint density at radius 1 is 0.789 bits per heavy atom. The van der Waals surface area contributed by atoms with E-state index in [1.807, 2.05) is 0 Å². The fraction of sp³-hybridized carbons (Fsp3) is 0.118. The van der Waals surface area contributed by atoms with Gasteiger partial charge in [0.15, 0.2) is 0 Å². The lowest BCUT2D eigenvalue weighted by atomic mass is 10.00. The van der Waals surface area contributed by atoms with Gasteiger partial charge in [-0.05, 0) is 17.7 Å². The average Bonchev–Trinajstić information content (AvgIpc) is 2.76. The molecule has 0 fully saturated rings. The van der Waals surface area contributed by atoms with Crippen LogP contribution < -0.4 is 0 Å². The maximum Gasteiger partial charge on any atom is 0.106 e. The van der Waals surface area contributed by atoms with Crippen LogP contribution in [0.4, 0.5) is 0 Å². The number of hydrogen-bond acceptors (Lipinski definition) is 1. The zero-order valence-corrected chi connectivity index (χ0v) is 11.0. The summed E-state index contributed by atoms with van der Waals surface area (Å²) in [6.07, 6.45) is 0. The van der Waals surface area contributed by atoms with Crippen molar-refractivity contribution in [1.29, 1.82) is 0 Å². The van der Waals surface area contributed by atoms with Crippen LogP contribution in [-0.2, 0) is 7.05 Å². The highest BCUT2D eigenvalue weighted by Gasteiger charge is 2.13. The molecule has 3 aromatic carbocycles. The van der Waals surface area contributed by atoms with Gasteiger partial charge in [0.25, 0.3) is 0 Å². The summed E-state index contributed by atoms with van der Waals surface area (Å²) in [5.41, 5.74) is 2.33. The Kier molecular flexibility index (Phi) is 1.99. The molecule has 1 heterocycles. The van der Waals surface area contributed by atoms with Crippen molar-refractivity contribution in [2.24, 2.45) is 7.05 Å². The van der Waals surface area contributed by atoms with E-state index in [0.717, 1.165) is 11.3 Å². The molecule has 0 bridgehead atoms. The van der Waals surface area contributed by atoms with E-state index in [1.165, 1.54) is 27.1 Å². The van der Waals surface area contributed by atoms with Gasteiger partial charge in [-0.15, -0.1) is 0 Å². The predicted octanol–water partition coefficient (Wildman–Crippen LogP) is 4.19. The first kappa shape index (κ1) is 10.6. The van der Waals surface area contributed by atoms with Crippen LogP contribution in [0.3, 0.4) is 0 Å². The molecule has 1 aromatic heterocycles. The molecule has 0 saturated carbocycles. The molecule has 0 radical (unpaired) electrons. The van der Waals surface area contributed by atoms with Crippen molar-refractivity contribution >= 4 is 32.6 Å². The SMILES string of the molecule is Cc1nc2c3ccccc3c3ccccc3c2n1C. The first-order chi connectivity index (χ1) is 9.27. The van der Waals surface area contributed by atoms with Crippen molar-refractivity contribution in [3.05, 3.63) is 54.4 Å². The van der Waals surface area contributed by atoms with Gasteiger partial charge in [0, 0.05) is 17.8 Å². The molecular weight excluding hydrogens is 232 g/mol. The highest BCUT2D eigenvalue weighted by Crippen LogP contribution is 2.34. The minimum atomic E-state index is 1.05. The second-order valence-corrected chi connectivity index (χ2v) is 5.01. The molecule has 4 aromatic rings. The van der Waals surface area contributed by atoms with Gasteiger partial charge < -0.3 is 4.57 Å². The molecule has 0 aliphatic rings. The van der Waals surface area contributed by atoms with Crippen LogP contribution in [0.15, 0.2) is 48.5 Å². The molecule has 0 spiro atoms. The van der Waals surface area contributed by atoms with E-state index in [9.17, 15) is 0 Å². The maximum atomic E-state index is 4.75. The quantitative estimate of drug-likeness (QED) is 0.425. The third-order valence-corrected chi connectivity index (χ3v) is 3.97. The zero-order chi connectivity index (χ0) is 13.0. The van der Waals surface area contributed by atoms with Gasteiger partial charge in [-0.2, -0.15) is 0 Å². The van der Waals surface area contributed by atoms with Crippen LogP contribution in [0.1, 0.15) is 5.82 Å². The fourth-order valence-corrected chi connectivity index (χ4v) is 2.96. The predicted molar refractivity (Wildman–Crippen MR) is 80.5 cm³/mol. The normalized spacial score (nSPS) is 11.7. The molecule has 0 atom stereocenters. The summed E-state index contributed by atoms with van der Waals surface area (Å²) >= 11 is 0. The van der Waals surface area contributed by atoms with Gasteiger partial charge in [0.05, 0.1) is 11.0 Å². The molecule has 0 N–H and O–H groups in total. The lowest BCUT2D eigenvalue weighted by molar-refractivity contribution is 0.888. The second-order valence-electron chi connectivity index (χ2n) is 5.01. The van der Waals surface area contributed by atoms with Gasteiger partial charge in [-0.25, -0.2) is 4.98 Å². The summed E-state index contributed by atoms with van der Waals surface area (Å²) in [6, 6.07) is 17.1. The molecule has 2 heteroatoms. The molecule has 4 rings (SSSR count). The summed E-state index contributed by atoms with van der Waals surface area (Å²) in [4.78, 5) is 4.75. The summed E-state index contributed by atoms with van der Waals surface area (Å²) in [6.45, 7) is 2.06. The Bertz CT molecular complexity index is 932. The molecule has 92 valence electrons. The number of aryl methyl sites for hydroxylation is 2. The van der Waals surface area contributed by atoms with Crippen LogP contribution in [0.2, 0.25) is 0 Å². The largest absolute Gasteiger partial charge is 0.331 e. The number of hydrogen-bond donors (Lipinski definition) is 0. The standard InChI is InChI=1S/C17H14N2/c1-11-18-16-14-9-5-3-7-12(14)13-8-4-6-10-15(13)17(16)19(11)2/h3-10H,1-2H3. The van der Waals surface area contributed by atoms with Gasteiger partial charge in [0.1, 0.15) is 5.82 Å². The molecule has 0 aliphatic heterocycles. The van der Waals surface area contributed by atoms with Gasteiger partial charge in [-0.1, -0.05) is 48.5 Å². The molecule has 0 amide bonds. The number of rotatable bonds is 0. The average molecular weight is 246 g/mol. The number of benzene rings is 3. The first-order valence-electron chi connectivity index (χ1n) is 6.50. The van der Waals surface area contributed by atoms with Crippen molar-refractivity contribution in [3.63, 3.8) is 0 Å². The Morgan fingerprint density at radius 3 is 2.00 bits per heavy atom. The molecule has 0 unspecified atom stereocenters. The molecule has 0 saturated heterocycles. The summed E-state index contributed by atoms with van der Waals surface area (Å²) in [5, 5.41) is 5.09. The van der Waals surface area contributed by atoms with Crippen molar-refractivity contribution in [2.75, 3.05) is 0 Å². The minimum Gasteiger partial charge on any atom is -0.331 e. The third kappa shape index (κ3) is 1.28. The monoisotopic (exact) mass is 246 g/mol. The number of aromatic nitrogens is 2. The second kappa shape index (κ2) is 3.58. The Hall–Kier alpha value is -2.35. The van der Waals surface area contributed by atoms with Crippen LogP contribution in [-0.4, -0.2) is 9.55 Å². The van der Waals surface area contributed by atoms with E-state index in [0.29, 0.717) is 0 Å². The topological polar surface area (TPSA) is 17.8 Å². The number of nitrogens with zero attached hydrogens (tertiary/aromatic N) is 2. The van der Waals surface area contributed by atoms with Crippen LogP contribution in [0, 0.1) is 6.92 Å². The lowest BCUT2D eigenvalue weighted by Gasteiger charge is -2.07. The van der Waals surface area contributed by atoms with E-state index in [-0.39, 0.29) is 0 Å². The van der Waals surface area contributed by atoms with Crippen LogP contribution >= 0.6 is 0 Å². The maximum absolute atomic E-state index is 4.75. The van der Waals surface area contributed by atoms with Crippen molar-refractivity contribution < 1.29 is 0 Å². The highest BCUT2D eigenvalue weighted by atomic mass is 15.1. The molecule has 19 heavy (non-hydrogen) atoms.